The van der Waals surface area contributed by atoms with Gasteiger partial charge in [0.25, 0.3) is 0 Å². The molecule has 0 saturated heterocycles. The van der Waals surface area contributed by atoms with Crippen LogP contribution in [-0.2, 0) is 13.1 Å². The van der Waals surface area contributed by atoms with Gasteiger partial charge in [-0.15, -0.1) is 13.2 Å². The van der Waals surface area contributed by atoms with Crippen LogP contribution in [0.2, 0.25) is 0 Å². The van der Waals surface area contributed by atoms with Crippen LogP contribution in [0.4, 0.5) is 19.0 Å². The van der Waals surface area contributed by atoms with Crippen molar-refractivity contribution in [3.05, 3.63) is 139 Å². The Labute approximate surface area is 219 Å². The first-order valence-electron chi connectivity index (χ1n) is 12.2. The number of halogens is 3. The molecule has 0 radical (unpaired) electrons. The van der Waals surface area contributed by atoms with Gasteiger partial charge in [-0.1, -0.05) is 109 Å². The van der Waals surface area contributed by atoms with Gasteiger partial charge in [0.1, 0.15) is 11.6 Å². The van der Waals surface area contributed by atoms with Crippen LogP contribution in [0.25, 0.3) is 22.3 Å². The molecular weight excluding hydrogens is 485 g/mol. The molecule has 0 fully saturated rings. The van der Waals surface area contributed by atoms with E-state index in [-0.39, 0.29) is 5.75 Å². The number of hydrogen-bond donors (Lipinski definition) is 0. The molecule has 0 amide bonds. The molecule has 3 nitrogen and oxygen atoms in total. The molecule has 5 rings (SSSR count). The van der Waals surface area contributed by atoms with E-state index in [1.54, 1.807) is 6.07 Å². The summed E-state index contributed by atoms with van der Waals surface area (Å²) >= 11 is 0. The third-order valence-corrected chi connectivity index (χ3v) is 6.15. The lowest BCUT2D eigenvalue weighted by atomic mass is 10.0. The van der Waals surface area contributed by atoms with E-state index >= 15 is 0 Å². The van der Waals surface area contributed by atoms with Crippen molar-refractivity contribution in [2.45, 2.75) is 19.5 Å². The van der Waals surface area contributed by atoms with Crippen molar-refractivity contribution in [3.8, 4) is 28.0 Å². The van der Waals surface area contributed by atoms with Gasteiger partial charge in [0.2, 0.25) is 0 Å². The summed E-state index contributed by atoms with van der Waals surface area (Å²) in [5.74, 6) is 0.208. The van der Waals surface area contributed by atoms with Gasteiger partial charge in [-0.2, -0.15) is 0 Å². The van der Waals surface area contributed by atoms with Gasteiger partial charge in [0, 0.05) is 13.1 Å². The van der Waals surface area contributed by atoms with E-state index in [9.17, 15) is 13.2 Å². The van der Waals surface area contributed by atoms with E-state index in [0.29, 0.717) is 18.9 Å². The minimum absolute atomic E-state index is 0.347. The fourth-order valence-electron chi connectivity index (χ4n) is 4.28. The van der Waals surface area contributed by atoms with Gasteiger partial charge in [0.05, 0.1) is 6.20 Å². The van der Waals surface area contributed by atoms with E-state index in [2.05, 4.69) is 82.5 Å². The normalized spacial score (nSPS) is 11.2. The van der Waals surface area contributed by atoms with Gasteiger partial charge in [0.15, 0.2) is 0 Å². The summed E-state index contributed by atoms with van der Waals surface area (Å²) in [6.45, 7) is 1.06. The molecule has 0 atom stereocenters. The van der Waals surface area contributed by atoms with Crippen molar-refractivity contribution in [1.82, 2.24) is 4.98 Å². The summed E-state index contributed by atoms with van der Waals surface area (Å²) in [5.41, 5.74) is 6.62. The molecule has 0 aliphatic rings. The largest absolute Gasteiger partial charge is 0.573 e. The molecule has 190 valence electrons. The quantitative estimate of drug-likeness (QED) is 0.209. The zero-order valence-corrected chi connectivity index (χ0v) is 20.5. The summed E-state index contributed by atoms with van der Waals surface area (Å²) < 4.78 is 41.9. The predicted molar refractivity (Wildman–Crippen MR) is 145 cm³/mol. The summed E-state index contributed by atoms with van der Waals surface area (Å²) in [7, 11) is 0. The fraction of sp³-hybridized carbons (Fsp3) is 0.0938. The monoisotopic (exact) mass is 510 g/mol. The first-order chi connectivity index (χ1) is 18.4. The number of benzene rings is 4. The molecule has 5 aromatic rings. The molecule has 0 unspecified atom stereocenters. The predicted octanol–water partition coefficient (Wildman–Crippen LogP) is 8.52. The molecule has 0 N–H and O–H groups in total. The van der Waals surface area contributed by atoms with E-state index in [1.165, 1.54) is 6.07 Å². The van der Waals surface area contributed by atoms with Crippen LogP contribution in [0.5, 0.6) is 5.75 Å². The second-order valence-electron chi connectivity index (χ2n) is 8.88. The number of alkyl halides is 3. The van der Waals surface area contributed by atoms with Gasteiger partial charge in [-0.3, -0.25) is 0 Å². The second-order valence-corrected chi connectivity index (χ2v) is 8.88. The van der Waals surface area contributed by atoms with Crippen molar-refractivity contribution < 1.29 is 17.9 Å². The van der Waals surface area contributed by atoms with Crippen molar-refractivity contribution in [1.29, 1.82) is 0 Å². The lowest BCUT2D eigenvalue weighted by Crippen LogP contribution is -2.23. The standard InChI is InChI=1S/C32H25F3N2O/c33-32(34,35)38-30-19-20-31(36-21-30)37(22-24-11-15-28(16-12-24)26-7-3-1-4-8-26)23-25-13-17-29(18-14-25)27-9-5-2-6-10-27/h1-21H,22-23H2. The minimum Gasteiger partial charge on any atom is -0.404 e. The summed E-state index contributed by atoms with van der Waals surface area (Å²) in [6.07, 6.45) is -3.66. The molecule has 4 aromatic carbocycles. The molecule has 0 saturated carbocycles. The van der Waals surface area contributed by atoms with E-state index in [0.717, 1.165) is 39.6 Å². The highest BCUT2D eigenvalue weighted by Crippen LogP contribution is 2.27. The van der Waals surface area contributed by atoms with Crippen LogP contribution in [0.1, 0.15) is 11.1 Å². The molecule has 38 heavy (non-hydrogen) atoms. The number of aromatic nitrogens is 1. The fourth-order valence-corrected chi connectivity index (χ4v) is 4.28. The molecule has 6 heteroatoms. The lowest BCUT2D eigenvalue weighted by molar-refractivity contribution is -0.274. The van der Waals surface area contributed by atoms with Crippen LogP contribution in [0, 0.1) is 0 Å². The number of anilines is 1. The third-order valence-electron chi connectivity index (χ3n) is 6.15. The number of hydrogen-bond acceptors (Lipinski definition) is 3. The Balaban J connectivity index is 1.38. The maximum Gasteiger partial charge on any atom is 0.573 e. The summed E-state index contributed by atoms with van der Waals surface area (Å²) in [6, 6.07) is 39.7. The molecule has 1 heterocycles. The maximum atomic E-state index is 12.6. The Bertz CT molecular complexity index is 1350. The molecule has 0 spiro atoms. The first-order valence-corrected chi connectivity index (χ1v) is 12.2. The Kier molecular flexibility index (Phi) is 7.40. The summed E-state index contributed by atoms with van der Waals surface area (Å²) in [5, 5.41) is 0. The Morgan fingerprint density at radius 1 is 0.553 bits per heavy atom. The van der Waals surface area contributed by atoms with Crippen LogP contribution >= 0.6 is 0 Å². The second kappa shape index (κ2) is 11.2. The topological polar surface area (TPSA) is 25.4 Å². The smallest absolute Gasteiger partial charge is 0.404 e. The van der Waals surface area contributed by atoms with E-state index in [1.807, 2.05) is 41.3 Å². The number of nitrogens with zero attached hydrogens (tertiary/aromatic N) is 2. The third kappa shape index (κ3) is 6.59. The van der Waals surface area contributed by atoms with Gasteiger partial charge < -0.3 is 9.64 Å². The van der Waals surface area contributed by atoms with Crippen molar-refractivity contribution in [2.24, 2.45) is 0 Å². The number of ether oxygens (including phenoxy) is 1. The molecule has 0 bridgehead atoms. The zero-order chi connectivity index (χ0) is 26.4. The maximum absolute atomic E-state index is 12.6. The molecule has 0 aliphatic carbocycles. The lowest BCUT2D eigenvalue weighted by Gasteiger charge is -2.24. The summed E-state index contributed by atoms with van der Waals surface area (Å²) in [4.78, 5) is 6.32. The molecule has 0 aliphatic heterocycles. The zero-order valence-electron chi connectivity index (χ0n) is 20.5. The van der Waals surface area contributed by atoms with Crippen molar-refractivity contribution in [2.75, 3.05) is 4.90 Å². The van der Waals surface area contributed by atoms with E-state index in [4.69, 9.17) is 0 Å². The van der Waals surface area contributed by atoms with Crippen molar-refractivity contribution in [3.63, 3.8) is 0 Å². The Morgan fingerprint density at radius 2 is 1.00 bits per heavy atom. The minimum atomic E-state index is -4.76. The number of rotatable bonds is 8. The highest BCUT2D eigenvalue weighted by atomic mass is 19.4. The van der Waals surface area contributed by atoms with Crippen LogP contribution < -0.4 is 9.64 Å². The Hall–Kier alpha value is -4.58. The molecular formula is C32H25F3N2O. The van der Waals surface area contributed by atoms with Crippen LogP contribution in [0.15, 0.2) is 128 Å². The van der Waals surface area contributed by atoms with E-state index < -0.39 is 6.36 Å². The highest BCUT2D eigenvalue weighted by Gasteiger charge is 2.31. The Morgan fingerprint density at radius 3 is 1.39 bits per heavy atom. The average Bonchev–Trinajstić information content (AvgIpc) is 2.94. The first kappa shape index (κ1) is 25.1. The molecule has 1 aromatic heterocycles. The van der Waals surface area contributed by atoms with Gasteiger partial charge >= 0.3 is 6.36 Å². The van der Waals surface area contributed by atoms with Crippen molar-refractivity contribution >= 4 is 5.82 Å². The van der Waals surface area contributed by atoms with Crippen LogP contribution in [0.3, 0.4) is 0 Å². The van der Waals surface area contributed by atoms with Gasteiger partial charge in [-0.05, 0) is 45.5 Å². The SMILES string of the molecule is FC(F)(F)Oc1ccc(N(Cc2ccc(-c3ccccc3)cc2)Cc2ccc(-c3ccccc3)cc2)nc1. The van der Waals surface area contributed by atoms with Crippen LogP contribution in [-0.4, -0.2) is 11.3 Å². The highest BCUT2D eigenvalue weighted by molar-refractivity contribution is 5.64. The average molecular weight is 511 g/mol. The van der Waals surface area contributed by atoms with Gasteiger partial charge in [-0.25, -0.2) is 4.98 Å². The number of pyridine rings is 1.